The number of hydrogen-bond acceptors (Lipinski definition) is 4. The third-order valence-electron chi connectivity index (χ3n) is 3.24. The van der Waals surface area contributed by atoms with Gasteiger partial charge in [-0.3, -0.25) is 4.79 Å². The Morgan fingerprint density at radius 2 is 2.35 bits per heavy atom. The average molecular weight is 272 g/mol. The van der Waals surface area contributed by atoms with Crippen LogP contribution in [-0.4, -0.2) is 22.1 Å². The van der Waals surface area contributed by atoms with Gasteiger partial charge in [-0.15, -0.1) is 0 Å². The predicted octanol–water partition coefficient (Wildman–Crippen LogP) is 1.92. The van der Waals surface area contributed by atoms with Gasteiger partial charge < -0.3 is 19.9 Å². The number of aryl methyl sites for hydroxylation is 1. The lowest BCUT2D eigenvalue weighted by molar-refractivity contribution is -0.118. The molecule has 1 aromatic carbocycles. The van der Waals surface area contributed by atoms with Crippen LogP contribution in [0.25, 0.3) is 0 Å². The van der Waals surface area contributed by atoms with Gasteiger partial charge in [0.1, 0.15) is 11.6 Å². The molecule has 0 bridgehead atoms. The third kappa shape index (κ3) is 2.32. The van der Waals surface area contributed by atoms with Crippen LogP contribution in [0.2, 0.25) is 0 Å². The monoisotopic (exact) mass is 272 g/mol. The number of nitrogens with one attached hydrogen (secondary N) is 2. The third-order valence-corrected chi connectivity index (χ3v) is 3.24. The molecule has 0 spiro atoms. The number of fused-ring (bicyclic) bond motifs is 1. The van der Waals surface area contributed by atoms with E-state index in [9.17, 15) is 4.79 Å². The first-order valence-electron chi connectivity index (χ1n) is 6.44. The minimum atomic E-state index is -0.133. The fourth-order valence-corrected chi connectivity index (χ4v) is 2.28. The molecule has 2 aromatic rings. The molecule has 104 valence electrons. The lowest BCUT2D eigenvalue weighted by Crippen LogP contribution is -2.25. The first kappa shape index (κ1) is 12.5. The highest BCUT2D eigenvalue weighted by atomic mass is 16.5. The van der Waals surface area contributed by atoms with Crippen LogP contribution in [0.15, 0.2) is 30.6 Å². The van der Waals surface area contributed by atoms with Crippen molar-refractivity contribution in [3.8, 4) is 5.75 Å². The summed E-state index contributed by atoms with van der Waals surface area (Å²) in [6.45, 7) is 2.11. The molecule has 0 saturated carbocycles. The van der Waals surface area contributed by atoms with E-state index in [-0.39, 0.29) is 18.6 Å². The maximum absolute atomic E-state index is 11.3. The summed E-state index contributed by atoms with van der Waals surface area (Å²) in [5.74, 6) is 1.51. The van der Waals surface area contributed by atoms with Crippen LogP contribution >= 0.6 is 0 Å². The van der Waals surface area contributed by atoms with Crippen molar-refractivity contribution < 1.29 is 9.53 Å². The zero-order valence-electron chi connectivity index (χ0n) is 11.4. The predicted molar refractivity (Wildman–Crippen MR) is 75.8 cm³/mol. The summed E-state index contributed by atoms with van der Waals surface area (Å²) in [6.07, 6.45) is 3.68. The van der Waals surface area contributed by atoms with E-state index >= 15 is 0 Å². The highest BCUT2D eigenvalue weighted by Crippen LogP contribution is 2.31. The van der Waals surface area contributed by atoms with Crippen molar-refractivity contribution in [2.45, 2.75) is 13.0 Å². The SMILES string of the molecule is CC(Nc1ccc2c(c1)NC(=O)CO2)c1nccn1C. The van der Waals surface area contributed by atoms with Gasteiger partial charge in [-0.2, -0.15) is 0 Å². The minimum Gasteiger partial charge on any atom is -0.482 e. The lowest BCUT2D eigenvalue weighted by Gasteiger charge is -2.20. The summed E-state index contributed by atoms with van der Waals surface area (Å²) in [6, 6.07) is 5.71. The smallest absolute Gasteiger partial charge is 0.262 e. The van der Waals surface area contributed by atoms with Crippen LogP contribution in [0.1, 0.15) is 18.8 Å². The summed E-state index contributed by atoms with van der Waals surface area (Å²) < 4.78 is 7.30. The van der Waals surface area contributed by atoms with Gasteiger partial charge in [0, 0.05) is 25.1 Å². The summed E-state index contributed by atoms with van der Waals surface area (Å²) in [5, 5.41) is 6.15. The Balaban J connectivity index is 1.80. The molecule has 0 aliphatic carbocycles. The van der Waals surface area contributed by atoms with Crippen molar-refractivity contribution in [1.29, 1.82) is 0 Å². The van der Waals surface area contributed by atoms with Gasteiger partial charge in [0.15, 0.2) is 6.61 Å². The average Bonchev–Trinajstić information content (AvgIpc) is 2.84. The highest BCUT2D eigenvalue weighted by Gasteiger charge is 2.17. The van der Waals surface area contributed by atoms with Crippen LogP contribution < -0.4 is 15.4 Å². The maximum atomic E-state index is 11.3. The number of carbonyl (C=O) groups is 1. The van der Waals surface area contributed by atoms with E-state index in [2.05, 4.69) is 15.6 Å². The molecular weight excluding hydrogens is 256 g/mol. The van der Waals surface area contributed by atoms with Crippen LogP contribution in [0, 0.1) is 0 Å². The number of hydrogen-bond donors (Lipinski definition) is 2. The molecule has 1 aliphatic heterocycles. The van der Waals surface area contributed by atoms with E-state index in [1.54, 1.807) is 6.20 Å². The number of ether oxygens (including phenoxy) is 1. The van der Waals surface area contributed by atoms with E-state index in [4.69, 9.17) is 4.74 Å². The summed E-state index contributed by atoms with van der Waals surface area (Å²) >= 11 is 0. The van der Waals surface area contributed by atoms with Crippen molar-refractivity contribution in [3.05, 3.63) is 36.4 Å². The van der Waals surface area contributed by atoms with Gasteiger partial charge >= 0.3 is 0 Å². The Bertz CT molecular complexity index is 650. The van der Waals surface area contributed by atoms with Crippen molar-refractivity contribution in [1.82, 2.24) is 9.55 Å². The van der Waals surface area contributed by atoms with E-state index < -0.39 is 0 Å². The first-order chi connectivity index (χ1) is 9.63. The van der Waals surface area contributed by atoms with Gasteiger partial charge in [-0.05, 0) is 25.1 Å². The molecule has 1 aliphatic rings. The number of benzene rings is 1. The molecule has 1 unspecified atom stereocenters. The number of imidazole rings is 1. The van der Waals surface area contributed by atoms with Crippen LogP contribution in [0.4, 0.5) is 11.4 Å². The molecule has 20 heavy (non-hydrogen) atoms. The van der Waals surface area contributed by atoms with Crippen LogP contribution in [-0.2, 0) is 11.8 Å². The Labute approximate surface area is 116 Å². The zero-order valence-corrected chi connectivity index (χ0v) is 11.4. The quantitative estimate of drug-likeness (QED) is 0.895. The molecule has 1 amide bonds. The maximum Gasteiger partial charge on any atom is 0.262 e. The summed E-state index contributed by atoms with van der Waals surface area (Å²) in [5.41, 5.74) is 1.60. The molecule has 6 heteroatoms. The molecule has 3 rings (SSSR count). The highest BCUT2D eigenvalue weighted by molar-refractivity contribution is 5.96. The number of carbonyl (C=O) groups excluding carboxylic acids is 1. The molecule has 0 radical (unpaired) electrons. The normalized spacial score (nSPS) is 15.0. The van der Waals surface area contributed by atoms with Gasteiger partial charge in [-0.25, -0.2) is 4.98 Å². The fourth-order valence-electron chi connectivity index (χ4n) is 2.28. The topological polar surface area (TPSA) is 68.2 Å². The van der Waals surface area contributed by atoms with Crippen LogP contribution in [0.5, 0.6) is 5.75 Å². The van der Waals surface area contributed by atoms with E-state index in [0.717, 1.165) is 11.5 Å². The largest absolute Gasteiger partial charge is 0.482 e. The second-order valence-electron chi connectivity index (χ2n) is 4.81. The molecule has 1 atom stereocenters. The van der Waals surface area contributed by atoms with E-state index in [1.165, 1.54) is 0 Å². The number of anilines is 2. The molecule has 2 N–H and O–H groups in total. The Hall–Kier alpha value is -2.50. The Morgan fingerprint density at radius 1 is 1.50 bits per heavy atom. The molecule has 6 nitrogen and oxygen atoms in total. The molecule has 1 aromatic heterocycles. The van der Waals surface area contributed by atoms with Gasteiger partial charge in [-0.1, -0.05) is 0 Å². The fraction of sp³-hybridized carbons (Fsp3) is 0.286. The number of aromatic nitrogens is 2. The summed E-state index contributed by atoms with van der Waals surface area (Å²) in [7, 11) is 1.96. The zero-order chi connectivity index (χ0) is 14.1. The van der Waals surface area contributed by atoms with Crippen molar-refractivity contribution in [3.63, 3.8) is 0 Å². The number of rotatable bonds is 3. The van der Waals surface area contributed by atoms with Crippen molar-refractivity contribution in [2.75, 3.05) is 17.2 Å². The standard InChI is InChI=1S/C14H16N4O2/c1-9(14-15-5-6-18(14)2)16-10-3-4-12-11(7-10)17-13(19)8-20-12/h3-7,9,16H,8H2,1-2H3,(H,17,19). The minimum absolute atomic E-state index is 0.0632. The number of nitrogens with zero attached hydrogens (tertiary/aromatic N) is 2. The van der Waals surface area contributed by atoms with Gasteiger partial charge in [0.05, 0.1) is 11.7 Å². The molecule has 2 heterocycles. The second kappa shape index (κ2) is 4.88. The second-order valence-corrected chi connectivity index (χ2v) is 4.81. The Morgan fingerprint density at radius 3 is 3.10 bits per heavy atom. The first-order valence-corrected chi connectivity index (χ1v) is 6.44. The lowest BCUT2D eigenvalue weighted by atomic mass is 10.2. The molecular formula is C14H16N4O2. The van der Waals surface area contributed by atoms with E-state index in [0.29, 0.717) is 11.4 Å². The number of amides is 1. The van der Waals surface area contributed by atoms with E-state index in [1.807, 2.05) is 42.9 Å². The summed E-state index contributed by atoms with van der Waals surface area (Å²) in [4.78, 5) is 15.6. The van der Waals surface area contributed by atoms with Gasteiger partial charge in [0.2, 0.25) is 0 Å². The van der Waals surface area contributed by atoms with Crippen molar-refractivity contribution >= 4 is 17.3 Å². The van der Waals surface area contributed by atoms with Gasteiger partial charge in [0.25, 0.3) is 5.91 Å². The molecule has 0 saturated heterocycles. The van der Waals surface area contributed by atoms with Crippen LogP contribution in [0.3, 0.4) is 0 Å². The van der Waals surface area contributed by atoms with Crippen molar-refractivity contribution in [2.24, 2.45) is 7.05 Å². The molecule has 0 fully saturated rings. The Kier molecular flexibility index (Phi) is 3.06.